The highest BCUT2D eigenvalue weighted by Crippen LogP contribution is 2.07. The van der Waals surface area contributed by atoms with Crippen molar-refractivity contribution in [3.63, 3.8) is 0 Å². The molecule has 0 fully saturated rings. The minimum atomic E-state index is -3.68. The molecule has 0 aromatic rings. The Kier molecular flexibility index (Phi) is 4.45. The molecule has 0 heterocycles. The number of Topliss-reactive ketones (excluding diaryl/α,β-unsaturated/α-hetero) is 1. The fraction of sp³-hybridized carbons (Fsp3) is 0.778. The van der Waals surface area contributed by atoms with Crippen LogP contribution in [-0.2, 0) is 24.2 Å². The van der Waals surface area contributed by atoms with Gasteiger partial charge in [0.2, 0.25) is 0 Å². The lowest BCUT2D eigenvalue weighted by atomic mass is 10.2. The Labute approximate surface area is 89.7 Å². The summed E-state index contributed by atoms with van der Waals surface area (Å²) in [4.78, 5) is 21.7. The zero-order valence-electron chi connectivity index (χ0n) is 9.36. The summed E-state index contributed by atoms with van der Waals surface area (Å²) in [5, 5.41) is 0. The Hall–Kier alpha value is -0.910. The van der Waals surface area contributed by atoms with Crippen LogP contribution in [0.1, 0.15) is 27.7 Å². The minimum absolute atomic E-state index is 0.487. The molecule has 0 amide bonds. The molecule has 0 aromatic heterocycles. The summed E-state index contributed by atoms with van der Waals surface area (Å²) >= 11 is 0. The number of ketones is 1. The monoisotopic (exact) mass is 236 g/mol. The molecule has 0 bridgehead atoms. The van der Waals surface area contributed by atoms with E-state index in [2.05, 4.69) is 0 Å². The second kappa shape index (κ2) is 4.74. The number of hydrogen-bond donors (Lipinski definition) is 0. The van der Waals surface area contributed by atoms with Crippen LogP contribution in [0.3, 0.4) is 0 Å². The number of rotatable bonds is 4. The highest BCUT2D eigenvalue weighted by Gasteiger charge is 2.23. The third-order valence-corrected chi connectivity index (χ3v) is 2.70. The van der Waals surface area contributed by atoms with Crippen molar-refractivity contribution in [1.82, 2.24) is 0 Å². The van der Waals surface area contributed by atoms with Gasteiger partial charge in [0.15, 0.2) is 9.84 Å². The molecular formula is C9H16O5S. The van der Waals surface area contributed by atoms with Crippen molar-refractivity contribution in [2.75, 3.05) is 11.5 Å². The topological polar surface area (TPSA) is 77.5 Å². The predicted octanol–water partition coefficient (Wildman–Crippen LogP) is 0.332. The summed E-state index contributed by atoms with van der Waals surface area (Å²) in [6.07, 6.45) is 0. The van der Waals surface area contributed by atoms with Crippen LogP contribution in [0, 0.1) is 0 Å². The molecule has 0 atom stereocenters. The number of carbonyl (C=O) groups excluding carboxylic acids is 2. The van der Waals surface area contributed by atoms with Gasteiger partial charge < -0.3 is 4.74 Å². The first-order valence-electron chi connectivity index (χ1n) is 4.43. The molecule has 15 heavy (non-hydrogen) atoms. The van der Waals surface area contributed by atoms with Crippen LogP contribution in [0.25, 0.3) is 0 Å². The van der Waals surface area contributed by atoms with Gasteiger partial charge in [0.25, 0.3) is 0 Å². The summed E-state index contributed by atoms with van der Waals surface area (Å²) in [6.45, 7) is 6.08. The quantitative estimate of drug-likeness (QED) is 0.657. The molecule has 0 aromatic carbocycles. The van der Waals surface area contributed by atoms with Crippen LogP contribution in [-0.4, -0.2) is 37.3 Å². The molecule has 0 saturated carbocycles. The second-order valence-corrected chi connectivity index (χ2v) is 6.39. The van der Waals surface area contributed by atoms with Gasteiger partial charge in [-0.3, -0.25) is 9.59 Å². The number of ether oxygens (including phenoxy) is 1. The van der Waals surface area contributed by atoms with Gasteiger partial charge in [-0.2, -0.15) is 0 Å². The lowest BCUT2D eigenvalue weighted by Crippen LogP contribution is -2.30. The van der Waals surface area contributed by atoms with Gasteiger partial charge in [-0.1, -0.05) is 0 Å². The molecule has 0 radical (unpaired) electrons. The van der Waals surface area contributed by atoms with Gasteiger partial charge in [-0.15, -0.1) is 0 Å². The minimum Gasteiger partial charge on any atom is -0.459 e. The van der Waals surface area contributed by atoms with E-state index in [0.29, 0.717) is 0 Å². The standard InChI is InChI=1S/C9H16O5S/c1-7(10)5-15(12,13)6-8(11)14-9(2,3)4/h5-6H2,1-4H3. The van der Waals surface area contributed by atoms with Gasteiger partial charge in [-0.05, 0) is 27.7 Å². The van der Waals surface area contributed by atoms with Gasteiger partial charge in [0.05, 0.1) is 0 Å². The number of hydrogen-bond acceptors (Lipinski definition) is 5. The number of esters is 1. The van der Waals surface area contributed by atoms with Crippen LogP contribution in [0.2, 0.25) is 0 Å². The van der Waals surface area contributed by atoms with Crippen molar-refractivity contribution in [1.29, 1.82) is 0 Å². The van der Waals surface area contributed by atoms with Crippen LogP contribution < -0.4 is 0 Å². The first-order valence-corrected chi connectivity index (χ1v) is 6.26. The molecule has 0 saturated heterocycles. The van der Waals surface area contributed by atoms with Gasteiger partial charge >= 0.3 is 5.97 Å². The highest BCUT2D eigenvalue weighted by atomic mass is 32.2. The average Bonchev–Trinajstić information content (AvgIpc) is 1.73. The molecule has 0 rings (SSSR count). The highest BCUT2D eigenvalue weighted by molar-refractivity contribution is 7.92. The molecule has 0 N–H and O–H groups in total. The molecule has 6 heteroatoms. The zero-order chi connectivity index (χ0) is 12.3. The average molecular weight is 236 g/mol. The molecule has 0 spiro atoms. The summed E-state index contributed by atoms with van der Waals surface area (Å²) < 4.78 is 27.3. The third-order valence-electron chi connectivity index (χ3n) is 1.18. The number of carbonyl (C=O) groups is 2. The Bertz CT molecular complexity index is 347. The molecule has 5 nitrogen and oxygen atoms in total. The molecule has 0 aliphatic rings. The largest absolute Gasteiger partial charge is 0.459 e. The van der Waals surface area contributed by atoms with Crippen molar-refractivity contribution >= 4 is 21.6 Å². The van der Waals surface area contributed by atoms with Crippen molar-refractivity contribution in [3.8, 4) is 0 Å². The van der Waals surface area contributed by atoms with E-state index in [1.165, 1.54) is 0 Å². The Morgan fingerprint density at radius 1 is 1.13 bits per heavy atom. The van der Waals surface area contributed by atoms with E-state index in [-0.39, 0.29) is 0 Å². The van der Waals surface area contributed by atoms with Crippen LogP contribution >= 0.6 is 0 Å². The number of sulfone groups is 1. The van der Waals surface area contributed by atoms with Crippen molar-refractivity contribution in [2.24, 2.45) is 0 Å². The fourth-order valence-corrected chi connectivity index (χ4v) is 2.05. The summed E-state index contributed by atoms with van der Waals surface area (Å²) in [6, 6.07) is 0. The lowest BCUT2D eigenvalue weighted by molar-refractivity contribution is -0.151. The van der Waals surface area contributed by atoms with Gasteiger partial charge in [0.1, 0.15) is 22.9 Å². The van der Waals surface area contributed by atoms with Crippen molar-refractivity contribution in [2.45, 2.75) is 33.3 Å². The van der Waals surface area contributed by atoms with E-state index in [0.717, 1.165) is 6.92 Å². The van der Waals surface area contributed by atoms with Gasteiger partial charge in [-0.25, -0.2) is 8.42 Å². The Morgan fingerprint density at radius 3 is 1.93 bits per heavy atom. The molecule has 88 valence electrons. The van der Waals surface area contributed by atoms with Crippen LogP contribution in [0.4, 0.5) is 0 Å². The van der Waals surface area contributed by atoms with Crippen molar-refractivity contribution < 1.29 is 22.7 Å². The first kappa shape index (κ1) is 14.1. The molecule has 0 aliphatic heterocycles. The van der Waals surface area contributed by atoms with E-state index >= 15 is 0 Å². The maximum Gasteiger partial charge on any atom is 0.321 e. The maximum atomic E-state index is 11.2. The fourth-order valence-electron chi connectivity index (χ4n) is 0.911. The van der Waals surface area contributed by atoms with E-state index in [9.17, 15) is 18.0 Å². The van der Waals surface area contributed by atoms with E-state index < -0.39 is 38.7 Å². The normalized spacial score (nSPS) is 12.3. The third kappa shape index (κ3) is 8.11. The Morgan fingerprint density at radius 2 is 1.60 bits per heavy atom. The van der Waals surface area contributed by atoms with E-state index in [1.54, 1.807) is 20.8 Å². The molecule has 0 unspecified atom stereocenters. The van der Waals surface area contributed by atoms with E-state index in [4.69, 9.17) is 4.74 Å². The van der Waals surface area contributed by atoms with Crippen LogP contribution in [0.15, 0.2) is 0 Å². The zero-order valence-corrected chi connectivity index (χ0v) is 10.2. The van der Waals surface area contributed by atoms with Crippen molar-refractivity contribution in [3.05, 3.63) is 0 Å². The SMILES string of the molecule is CC(=O)CS(=O)(=O)CC(=O)OC(C)(C)C. The Balaban J connectivity index is 4.36. The summed E-state index contributed by atoms with van der Waals surface area (Å²) in [5.41, 5.74) is -0.719. The smallest absolute Gasteiger partial charge is 0.321 e. The summed E-state index contributed by atoms with van der Waals surface area (Å²) in [5.74, 6) is -2.68. The maximum absolute atomic E-state index is 11.2. The van der Waals surface area contributed by atoms with E-state index in [1.807, 2.05) is 0 Å². The predicted molar refractivity (Wildman–Crippen MR) is 55.2 cm³/mol. The first-order chi connectivity index (χ1) is 6.52. The summed E-state index contributed by atoms with van der Waals surface area (Å²) in [7, 11) is -3.68. The molecule has 0 aliphatic carbocycles. The lowest BCUT2D eigenvalue weighted by Gasteiger charge is -2.19. The van der Waals surface area contributed by atoms with Gasteiger partial charge in [0, 0.05) is 0 Å². The second-order valence-electron chi connectivity index (χ2n) is 4.32. The molecular weight excluding hydrogens is 220 g/mol. The van der Waals surface area contributed by atoms with Crippen LogP contribution in [0.5, 0.6) is 0 Å².